The van der Waals surface area contributed by atoms with Crippen LogP contribution in [0.15, 0.2) is 18.5 Å². The summed E-state index contributed by atoms with van der Waals surface area (Å²) in [6.45, 7) is 3.13. The molecule has 0 atom stereocenters. The van der Waals surface area contributed by atoms with Gasteiger partial charge in [-0.25, -0.2) is 0 Å². The Hall–Kier alpha value is -1.62. The molecule has 1 heterocycles. The molecule has 19 heavy (non-hydrogen) atoms. The number of aliphatic hydroxyl groups excluding tert-OH is 1. The molecular weight excluding hydrogens is 242 g/mol. The minimum absolute atomic E-state index is 0.00383. The zero-order valence-electron chi connectivity index (χ0n) is 11.3. The van der Waals surface area contributed by atoms with Gasteiger partial charge < -0.3 is 15.3 Å². The van der Waals surface area contributed by atoms with E-state index < -0.39 is 0 Å². The third kappa shape index (κ3) is 3.04. The average molecular weight is 263 g/mol. The Morgan fingerprint density at radius 2 is 2.37 bits per heavy atom. The number of anilines is 1. The Bertz CT molecular complexity index is 432. The van der Waals surface area contributed by atoms with Gasteiger partial charge >= 0.3 is 0 Å². The molecule has 5 nitrogen and oxygen atoms in total. The molecule has 0 saturated heterocycles. The van der Waals surface area contributed by atoms with Crippen molar-refractivity contribution in [3.8, 4) is 0 Å². The maximum Gasteiger partial charge on any atom is 0.256 e. The lowest BCUT2D eigenvalue weighted by atomic mass is 9.91. The Balaban J connectivity index is 2.20. The number of nitrogens with one attached hydrogen (secondary N) is 1. The Morgan fingerprint density at radius 1 is 1.58 bits per heavy atom. The Morgan fingerprint density at radius 3 is 2.95 bits per heavy atom. The predicted molar refractivity (Wildman–Crippen MR) is 74.2 cm³/mol. The minimum atomic E-state index is -0.0166. The van der Waals surface area contributed by atoms with Crippen LogP contribution in [0.1, 0.15) is 36.5 Å². The Labute approximate surface area is 113 Å². The fourth-order valence-corrected chi connectivity index (χ4v) is 2.32. The molecule has 1 aromatic heterocycles. The first-order valence-corrected chi connectivity index (χ1v) is 6.87. The van der Waals surface area contributed by atoms with E-state index >= 15 is 0 Å². The van der Waals surface area contributed by atoms with Crippen LogP contribution in [-0.2, 0) is 0 Å². The maximum atomic E-state index is 12.6. The normalized spacial score (nSPS) is 14.8. The van der Waals surface area contributed by atoms with Crippen molar-refractivity contribution in [1.82, 2.24) is 9.88 Å². The van der Waals surface area contributed by atoms with E-state index in [1.54, 1.807) is 23.4 Å². The first-order chi connectivity index (χ1) is 9.27. The van der Waals surface area contributed by atoms with Crippen molar-refractivity contribution in [3.05, 3.63) is 24.0 Å². The SMILES string of the molecule is CCNc1cnccc1C(=O)N(CCO)C1CCC1. The van der Waals surface area contributed by atoms with Gasteiger partial charge in [0.2, 0.25) is 0 Å². The van der Waals surface area contributed by atoms with Crippen molar-refractivity contribution < 1.29 is 9.90 Å². The highest BCUT2D eigenvalue weighted by Crippen LogP contribution is 2.27. The summed E-state index contributed by atoms with van der Waals surface area (Å²) in [5, 5.41) is 12.3. The Kier molecular flexibility index (Phi) is 4.74. The minimum Gasteiger partial charge on any atom is -0.395 e. The summed E-state index contributed by atoms with van der Waals surface area (Å²) in [5.41, 5.74) is 1.40. The predicted octanol–water partition coefficient (Wildman–Crippen LogP) is 1.50. The number of aromatic nitrogens is 1. The number of rotatable bonds is 6. The number of amides is 1. The number of carbonyl (C=O) groups excluding carboxylic acids is 1. The number of nitrogens with zero attached hydrogens (tertiary/aromatic N) is 2. The lowest BCUT2D eigenvalue weighted by molar-refractivity contribution is 0.0526. The molecule has 1 amide bonds. The lowest BCUT2D eigenvalue weighted by Gasteiger charge is -2.37. The summed E-state index contributed by atoms with van der Waals surface area (Å²) in [6.07, 6.45) is 6.54. The van der Waals surface area contributed by atoms with Gasteiger partial charge in [0.1, 0.15) is 0 Å². The zero-order valence-corrected chi connectivity index (χ0v) is 11.3. The van der Waals surface area contributed by atoms with E-state index in [-0.39, 0.29) is 18.6 Å². The van der Waals surface area contributed by atoms with Crippen molar-refractivity contribution in [1.29, 1.82) is 0 Å². The van der Waals surface area contributed by atoms with Crippen molar-refractivity contribution in [2.24, 2.45) is 0 Å². The monoisotopic (exact) mass is 263 g/mol. The van der Waals surface area contributed by atoms with E-state index in [1.807, 2.05) is 6.92 Å². The molecule has 1 fully saturated rings. The summed E-state index contributed by atoms with van der Waals surface area (Å²) < 4.78 is 0. The number of hydrogen-bond acceptors (Lipinski definition) is 4. The van der Waals surface area contributed by atoms with Gasteiger partial charge in [-0.1, -0.05) is 0 Å². The van der Waals surface area contributed by atoms with Crippen LogP contribution in [0.2, 0.25) is 0 Å². The molecule has 1 saturated carbocycles. The summed E-state index contributed by atoms with van der Waals surface area (Å²) in [5.74, 6) is -0.0166. The molecule has 0 aliphatic heterocycles. The van der Waals surface area contributed by atoms with Crippen LogP contribution in [0.25, 0.3) is 0 Å². The molecule has 1 aliphatic carbocycles. The summed E-state index contributed by atoms with van der Waals surface area (Å²) in [7, 11) is 0. The highest BCUT2D eigenvalue weighted by Gasteiger charge is 2.29. The topological polar surface area (TPSA) is 65.5 Å². The standard InChI is InChI=1S/C14H21N3O2/c1-2-16-13-10-15-7-6-12(13)14(19)17(8-9-18)11-4-3-5-11/h6-7,10-11,16,18H,2-5,8-9H2,1H3. The molecule has 104 valence electrons. The van der Waals surface area contributed by atoms with Crippen LogP contribution in [0.5, 0.6) is 0 Å². The number of carbonyl (C=O) groups is 1. The van der Waals surface area contributed by atoms with E-state index in [0.717, 1.165) is 31.5 Å². The molecule has 0 bridgehead atoms. The maximum absolute atomic E-state index is 12.6. The van der Waals surface area contributed by atoms with E-state index in [9.17, 15) is 4.79 Å². The first kappa shape index (κ1) is 13.8. The van der Waals surface area contributed by atoms with Gasteiger partial charge in [0.15, 0.2) is 0 Å². The molecule has 1 aliphatic rings. The van der Waals surface area contributed by atoms with E-state index in [2.05, 4.69) is 10.3 Å². The van der Waals surface area contributed by atoms with Gasteiger partial charge in [0, 0.05) is 25.3 Å². The van der Waals surface area contributed by atoms with Crippen LogP contribution in [-0.4, -0.2) is 46.6 Å². The van der Waals surface area contributed by atoms with Gasteiger partial charge in [-0.05, 0) is 32.3 Å². The van der Waals surface area contributed by atoms with Crippen LogP contribution in [0, 0.1) is 0 Å². The van der Waals surface area contributed by atoms with Crippen LogP contribution < -0.4 is 5.32 Å². The molecule has 0 aromatic carbocycles. The third-order valence-electron chi connectivity index (χ3n) is 3.54. The van der Waals surface area contributed by atoms with Crippen molar-refractivity contribution >= 4 is 11.6 Å². The second kappa shape index (κ2) is 6.52. The molecule has 2 N–H and O–H groups in total. The van der Waals surface area contributed by atoms with E-state index in [1.165, 1.54) is 0 Å². The molecule has 0 unspecified atom stereocenters. The smallest absolute Gasteiger partial charge is 0.256 e. The zero-order chi connectivity index (χ0) is 13.7. The van der Waals surface area contributed by atoms with Crippen molar-refractivity contribution in [2.75, 3.05) is 25.0 Å². The highest BCUT2D eigenvalue weighted by atomic mass is 16.3. The molecule has 0 radical (unpaired) electrons. The largest absolute Gasteiger partial charge is 0.395 e. The fourth-order valence-electron chi connectivity index (χ4n) is 2.32. The number of pyridine rings is 1. The van der Waals surface area contributed by atoms with Crippen LogP contribution in [0.4, 0.5) is 5.69 Å². The fraction of sp³-hybridized carbons (Fsp3) is 0.571. The van der Waals surface area contributed by atoms with Crippen molar-refractivity contribution in [3.63, 3.8) is 0 Å². The molecule has 1 aromatic rings. The number of hydrogen-bond donors (Lipinski definition) is 2. The van der Waals surface area contributed by atoms with Crippen LogP contribution >= 0.6 is 0 Å². The van der Waals surface area contributed by atoms with Crippen LogP contribution in [0.3, 0.4) is 0 Å². The molecule has 5 heteroatoms. The highest BCUT2D eigenvalue weighted by molar-refractivity contribution is 5.99. The summed E-state index contributed by atoms with van der Waals surface area (Å²) in [4.78, 5) is 18.5. The average Bonchev–Trinajstić information content (AvgIpc) is 2.36. The first-order valence-electron chi connectivity index (χ1n) is 6.87. The second-order valence-corrected chi connectivity index (χ2v) is 4.76. The van der Waals surface area contributed by atoms with Gasteiger partial charge in [-0.15, -0.1) is 0 Å². The molecular formula is C14H21N3O2. The lowest BCUT2D eigenvalue weighted by Crippen LogP contribution is -2.45. The quantitative estimate of drug-likeness (QED) is 0.816. The second-order valence-electron chi connectivity index (χ2n) is 4.76. The molecule has 0 spiro atoms. The van der Waals surface area contributed by atoms with Gasteiger partial charge in [-0.3, -0.25) is 9.78 Å². The summed E-state index contributed by atoms with van der Waals surface area (Å²) in [6, 6.07) is 2.02. The van der Waals surface area contributed by atoms with Gasteiger partial charge in [0.25, 0.3) is 5.91 Å². The third-order valence-corrected chi connectivity index (χ3v) is 3.54. The van der Waals surface area contributed by atoms with Crippen molar-refractivity contribution in [2.45, 2.75) is 32.2 Å². The van der Waals surface area contributed by atoms with Gasteiger partial charge in [0.05, 0.1) is 24.1 Å². The number of aliphatic hydroxyl groups is 1. The van der Waals surface area contributed by atoms with Gasteiger partial charge in [-0.2, -0.15) is 0 Å². The van der Waals surface area contributed by atoms with E-state index in [4.69, 9.17) is 5.11 Å². The summed E-state index contributed by atoms with van der Waals surface area (Å²) >= 11 is 0. The molecule has 2 rings (SSSR count). The van der Waals surface area contributed by atoms with E-state index in [0.29, 0.717) is 12.1 Å².